The predicted octanol–water partition coefficient (Wildman–Crippen LogP) is 4.14. The van der Waals surface area contributed by atoms with Crippen molar-refractivity contribution in [3.63, 3.8) is 0 Å². The van der Waals surface area contributed by atoms with Gasteiger partial charge in [-0.15, -0.1) is 0 Å². The van der Waals surface area contributed by atoms with E-state index in [1.807, 2.05) is 31.2 Å². The Morgan fingerprint density at radius 1 is 1.11 bits per heavy atom. The Morgan fingerprint density at radius 3 is 2.68 bits per heavy atom. The first-order valence-electron chi connectivity index (χ1n) is 9.35. The fourth-order valence-electron chi connectivity index (χ4n) is 4.30. The van der Waals surface area contributed by atoms with Crippen LogP contribution in [-0.2, 0) is 4.79 Å². The molecule has 140 valence electrons. The van der Waals surface area contributed by atoms with Gasteiger partial charge in [0.25, 0.3) is 0 Å². The SMILES string of the molecule is Cc1ccccc1C1C2=C(CC(c3ccc(F)cc3)CC2=O)Nc2ncnn21. The fraction of sp³-hybridized carbons (Fsp3) is 0.227. The van der Waals surface area contributed by atoms with Gasteiger partial charge in [0.2, 0.25) is 5.95 Å². The van der Waals surface area contributed by atoms with Crippen LogP contribution < -0.4 is 5.32 Å². The van der Waals surface area contributed by atoms with E-state index in [0.717, 1.165) is 28.0 Å². The van der Waals surface area contributed by atoms with Crippen LogP contribution in [0, 0.1) is 12.7 Å². The maximum atomic E-state index is 13.3. The average Bonchev–Trinajstić information content (AvgIpc) is 3.15. The number of fused-ring (bicyclic) bond motifs is 1. The minimum absolute atomic E-state index is 0.0198. The lowest BCUT2D eigenvalue weighted by atomic mass is 9.77. The summed E-state index contributed by atoms with van der Waals surface area (Å²) in [6, 6.07) is 14.2. The first-order valence-corrected chi connectivity index (χ1v) is 9.35. The highest BCUT2D eigenvalue weighted by atomic mass is 19.1. The quantitative estimate of drug-likeness (QED) is 0.732. The van der Waals surface area contributed by atoms with Crippen molar-refractivity contribution in [2.75, 3.05) is 5.32 Å². The molecule has 0 spiro atoms. The largest absolute Gasteiger partial charge is 0.328 e. The molecule has 1 aliphatic heterocycles. The van der Waals surface area contributed by atoms with E-state index in [1.165, 1.54) is 18.5 Å². The third-order valence-electron chi connectivity index (χ3n) is 5.69. The van der Waals surface area contributed by atoms with Gasteiger partial charge in [0.05, 0.1) is 0 Å². The molecule has 2 atom stereocenters. The Bertz CT molecular complexity index is 1100. The minimum atomic E-state index is -0.281. The number of halogens is 1. The number of nitrogens with one attached hydrogen (secondary N) is 1. The maximum Gasteiger partial charge on any atom is 0.226 e. The molecule has 2 aromatic carbocycles. The third kappa shape index (κ3) is 2.64. The van der Waals surface area contributed by atoms with E-state index >= 15 is 0 Å². The molecule has 0 saturated heterocycles. The summed E-state index contributed by atoms with van der Waals surface area (Å²) in [4.78, 5) is 17.6. The smallest absolute Gasteiger partial charge is 0.226 e. The molecule has 2 aliphatic rings. The fourth-order valence-corrected chi connectivity index (χ4v) is 4.30. The van der Waals surface area contributed by atoms with Crippen LogP contribution in [0.3, 0.4) is 0 Å². The van der Waals surface area contributed by atoms with Gasteiger partial charge in [-0.3, -0.25) is 4.79 Å². The van der Waals surface area contributed by atoms with Crippen LogP contribution in [0.2, 0.25) is 0 Å². The second-order valence-electron chi connectivity index (χ2n) is 7.38. The summed E-state index contributed by atoms with van der Waals surface area (Å²) in [5, 5.41) is 7.70. The maximum absolute atomic E-state index is 13.3. The molecule has 0 radical (unpaired) electrons. The zero-order chi connectivity index (χ0) is 19.3. The van der Waals surface area contributed by atoms with Crippen molar-refractivity contribution in [2.24, 2.45) is 0 Å². The van der Waals surface area contributed by atoms with Crippen molar-refractivity contribution in [1.29, 1.82) is 0 Å². The summed E-state index contributed by atoms with van der Waals surface area (Å²) in [5.74, 6) is 0.484. The van der Waals surface area contributed by atoms with Crippen molar-refractivity contribution in [2.45, 2.75) is 31.7 Å². The molecule has 1 aromatic heterocycles. The molecule has 2 heterocycles. The Labute approximate surface area is 161 Å². The van der Waals surface area contributed by atoms with E-state index in [4.69, 9.17) is 0 Å². The zero-order valence-electron chi connectivity index (χ0n) is 15.4. The van der Waals surface area contributed by atoms with Crippen LogP contribution >= 0.6 is 0 Å². The number of hydrogen-bond acceptors (Lipinski definition) is 4. The molecule has 5 nitrogen and oxygen atoms in total. The molecule has 3 aromatic rings. The molecule has 5 rings (SSSR count). The second-order valence-corrected chi connectivity index (χ2v) is 7.38. The van der Waals surface area contributed by atoms with Crippen LogP contribution in [0.25, 0.3) is 0 Å². The number of benzene rings is 2. The number of ketones is 1. The Morgan fingerprint density at radius 2 is 1.89 bits per heavy atom. The van der Waals surface area contributed by atoms with Crippen molar-refractivity contribution in [1.82, 2.24) is 14.8 Å². The number of nitrogens with zero attached hydrogens (tertiary/aromatic N) is 3. The molecular weight excluding hydrogens is 355 g/mol. The number of carbonyl (C=O) groups excluding carboxylic acids is 1. The molecular formula is C22H19FN4O. The van der Waals surface area contributed by atoms with Crippen molar-refractivity contribution in [3.8, 4) is 0 Å². The number of hydrogen-bond donors (Lipinski definition) is 1. The third-order valence-corrected chi connectivity index (χ3v) is 5.69. The van der Waals surface area contributed by atoms with Crippen LogP contribution in [0.1, 0.15) is 41.5 Å². The number of rotatable bonds is 2. The molecule has 2 unspecified atom stereocenters. The van der Waals surface area contributed by atoms with E-state index < -0.39 is 0 Å². The predicted molar refractivity (Wildman–Crippen MR) is 103 cm³/mol. The minimum Gasteiger partial charge on any atom is -0.328 e. The lowest BCUT2D eigenvalue weighted by Gasteiger charge is -2.35. The monoisotopic (exact) mass is 374 g/mol. The Hall–Kier alpha value is -3.28. The van der Waals surface area contributed by atoms with E-state index in [2.05, 4.69) is 15.4 Å². The first kappa shape index (κ1) is 16.9. The summed E-state index contributed by atoms with van der Waals surface area (Å²) in [5.41, 5.74) is 4.78. The van der Waals surface area contributed by atoms with Crippen LogP contribution in [0.5, 0.6) is 0 Å². The van der Waals surface area contributed by atoms with Gasteiger partial charge >= 0.3 is 0 Å². The van der Waals surface area contributed by atoms with Gasteiger partial charge in [-0.1, -0.05) is 36.4 Å². The Kier molecular flexibility index (Phi) is 3.86. The lowest BCUT2D eigenvalue weighted by Crippen LogP contribution is -2.33. The molecule has 6 heteroatoms. The van der Waals surface area contributed by atoms with Crippen LogP contribution in [-0.4, -0.2) is 20.5 Å². The van der Waals surface area contributed by atoms with E-state index in [1.54, 1.807) is 16.8 Å². The number of allylic oxidation sites excluding steroid dienone is 2. The normalized spacial score (nSPS) is 21.1. The van der Waals surface area contributed by atoms with Crippen molar-refractivity contribution >= 4 is 11.7 Å². The average molecular weight is 374 g/mol. The highest BCUT2D eigenvalue weighted by Gasteiger charge is 2.39. The number of aromatic nitrogens is 3. The number of Topliss-reactive ketones (excluding diaryl/α,β-unsaturated/α-hetero) is 1. The summed E-state index contributed by atoms with van der Waals surface area (Å²) >= 11 is 0. The van der Waals surface area contributed by atoms with Crippen molar-refractivity contribution < 1.29 is 9.18 Å². The van der Waals surface area contributed by atoms with E-state index in [9.17, 15) is 9.18 Å². The van der Waals surface area contributed by atoms with E-state index in [0.29, 0.717) is 18.8 Å². The lowest BCUT2D eigenvalue weighted by molar-refractivity contribution is -0.116. The molecule has 0 fully saturated rings. The standard InChI is InChI=1S/C22H19FN4O/c1-13-4-2-3-5-17(13)21-20-18(26-22-24-12-25-27(21)22)10-15(11-19(20)28)14-6-8-16(23)9-7-14/h2-9,12,15,21H,10-11H2,1H3,(H,24,25,26). The van der Waals surface area contributed by atoms with Gasteiger partial charge in [0, 0.05) is 17.7 Å². The summed E-state index contributed by atoms with van der Waals surface area (Å²) in [6.45, 7) is 2.04. The number of aryl methyl sites for hydroxylation is 1. The number of anilines is 1. The molecule has 0 saturated carbocycles. The van der Waals surface area contributed by atoms with Gasteiger partial charge in [-0.2, -0.15) is 10.1 Å². The van der Waals surface area contributed by atoms with Crippen LogP contribution in [0.15, 0.2) is 66.1 Å². The number of carbonyl (C=O) groups is 1. The van der Waals surface area contributed by atoms with Gasteiger partial charge in [-0.25, -0.2) is 9.07 Å². The highest BCUT2D eigenvalue weighted by molar-refractivity contribution is 6.00. The van der Waals surface area contributed by atoms with Crippen LogP contribution in [0.4, 0.5) is 10.3 Å². The van der Waals surface area contributed by atoms with Crippen molar-refractivity contribution in [3.05, 3.63) is 88.6 Å². The van der Waals surface area contributed by atoms with Gasteiger partial charge < -0.3 is 5.32 Å². The topological polar surface area (TPSA) is 59.8 Å². The van der Waals surface area contributed by atoms with Gasteiger partial charge in [0.15, 0.2) is 5.78 Å². The second kappa shape index (κ2) is 6.41. The molecule has 1 N–H and O–H groups in total. The molecule has 28 heavy (non-hydrogen) atoms. The molecule has 0 amide bonds. The molecule has 0 bridgehead atoms. The zero-order valence-corrected chi connectivity index (χ0v) is 15.4. The van der Waals surface area contributed by atoms with Gasteiger partial charge in [-0.05, 0) is 48.1 Å². The summed E-state index contributed by atoms with van der Waals surface area (Å²) in [7, 11) is 0. The summed E-state index contributed by atoms with van der Waals surface area (Å²) in [6.07, 6.45) is 2.59. The summed E-state index contributed by atoms with van der Waals surface area (Å²) < 4.78 is 15.1. The Balaban J connectivity index is 1.61. The van der Waals surface area contributed by atoms with Gasteiger partial charge in [0.1, 0.15) is 18.2 Å². The van der Waals surface area contributed by atoms with E-state index in [-0.39, 0.29) is 23.6 Å². The molecule has 1 aliphatic carbocycles. The highest BCUT2D eigenvalue weighted by Crippen LogP contribution is 2.44. The first-order chi connectivity index (χ1) is 13.6.